The minimum Gasteiger partial charge on any atom is -0.490 e. The number of carbonyl (C=O) groups excluding carboxylic acids is 1. The summed E-state index contributed by atoms with van der Waals surface area (Å²) in [7, 11) is 0. The molecule has 1 saturated carbocycles. The summed E-state index contributed by atoms with van der Waals surface area (Å²) in [6, 6.07) is 5.60. The molecule has 3 aliphatic rings. The summed E-state index contributed by atoms with van der Waals surface area (Å²) in [5.41, 5.74) is 1.83. The van der Waals surface area contributed by atoms with Gasteiger partial charge < -0.3 is 14.8 Å². The van der Waals surface area contributed by atoms with Crippen LogP contribution in [0.25, 0.3) is 0 Å². The molecule has 3 atom stereocenters. The van der Waals surface area contributed by atoms with Crippen molar-refractivity contribution in [3.8, 4) is 11.5 Å². The fourth-order valence-corrected chi connectivity index (χ4v) is 5.20. The van der Waals surface area contributed by atoms with Gasteiger partial charge in [-0.05, 0) is 49.1 Å². The first-order valence-corrected chi connectivity index (χ1v) is 10.9. The van der Waals surface area contributed by atoms with Crippen molar-refractivity contribution in [3.05, 3.63) is 42.5 Å². The van der Waals surface area contributed by atoms with E-state index in [9.17, 15) is 4.79 Å². The van der Waals surface area contributed by atoms with E-state index in [4.69, 9.17) is 9.47 Å². The van der Waals surface area contributed by atoms with Crippen molar-refractivity contribution in [3.63, 3.8) is 0 Å². The highest BCUT2D eigenvalue weighted by atomic mass is 16.5. The number of rotatable bonds is 5. The summed E-state index contributed by atoms with van der Waals surface area (Å²) in [4.78, 5) is 23.6. The number of benzene rings is 1. The van der Waals surface area contributed by atoms with Crippen LogP contribution in [0.2, 0.25) is 0 Å². The van der Waals surface area contributed by atoms with Crippen LogP contribution in [0.1, 0.15) is 25.0 Å². The van der Waals surface area contributed by atoms with Crippen molar-refractivity contribution in [1.82, 2.24) is 14.9 Å². The molecule has 7 nitrogen and oxygen atoms in total. The van der Waals surface area contributed by atoms with Gasteiger partial charge in [0.1, 0.15) is 0 Å². The number of ether oxygens (including phenoxy) is 2. The number of carbonyl (C=O) groups is 1. The Bertz CT molecular complexity index is 891. The van der Waals surface area contributed by atoms with E-state index in [0.29, 0.717) is 43.3 Å². The summed E-state index contributed by atoms with van der Waals surface area (Å²) in [5, 5.41) is 3.02. The number of fused-ring (bicyclic) bond motifs is 2. The lowest BCUT2D eigenvalue weighted by atomic mass is 9.89. The molecule has 5 rings (SSSR count). The second kappa shape index (κ2) is 8.60. The minimum atomic E-state index is 0.0231. The molecule has 30 heavy (non-hydrogen) atoms. The van der Waals surface area contributed by atoms with E-state index in [1.807, 2.05) is 24.4 Å². The monoisotopic (exact) mass is 408 g/mol. The predicted octanol–water partition coefficient (Wildman–Crippen LogP) is 2.78. The Labute approximate surface area is 176 Å². The maximum Gasteiger partial charge on any atom is 0.238 e. The van der Waals surface area contributed by atoms with E-state index < -0.39 is 0 Å². The molecule has 1 N–H and O–H groups in total. The van der Waals surface area contributed by atoms with Crippen LogP contribution >= 0.6 is 0 Å². The van der Waals surface area contributed by atoms with Crippen molar-refractivity contribution in [2.75, 3.05) is 38.2 Å². The van der Waals surface area contributed by atoms with Gasteiger partial charge in [0.15, 0.2) is 11.5 Å². The summed E-state index contributed by atoms with van der Waals surface area (Å²) < 4.78 is 11.4. The molecule has 1 amide bonds. The highest BCUT2D eigenvalue weighted by molar-refractivity contribution is 5.92. The number of aromatic nitrogens is 2. The summed E-state index contributed by atoms with van der Waals surface area (Å²) >= 11 is 0. The average Bonchev–Trinajstić information content (AvgIpc) is 3.21. The Morgan fingerprint density at radius 2 is 2.03 bits per heavy atom. The minimum absolute atomic E-state index is 0.0231. The molecule has 1 saturated heterocycles. The van der Waals surface area contributed by atoms with Crippen LogP contribution in [-0.4, -0.2) is 53.6 Å². The van der Waals surface area contributed by atoms with E-state index >= 15 is 0 Å². The predicted molar refractivity (Wildman–Crippen MR) is 113 cm³/mol. The largest absolute Gasteiger partial charge is 0.490 e. The molecule has 3 heterocycles. The zero-order valence-corrected chi connectivity index (χ0v) is 17.1. The van der Waals surface area contributed by atoms with Gasteiger partial charge in [0.25, 0.3) is 0 Å². The van der Waals surface area contributed by atoms with Crippen LogP contribution in [0.4, 0.5) is 5.69 Å². The lowest BCUT2D eigenvalue weighted by Gasteiger charge is -2.20. The maximum atomic E-state index is 12.7. The van der Waals surface area contributed by atoms with Crippen LogP contribution in [0.15, 0.2) is 36.8 Å². The van der Waals surface area contributed by atoms with E-state index in [0.717, 1.165) is 43.1 Å². The molecule has 0 bridgehead atoms. The van der Waals surface area contributed by atoms with Crippen LogP contribution in [0, 0.1) is 17.8 Å². The Kier molecular flexibility index (Phi) is 5.53. The maximum absolute atomic E-state index is 12.7. The van der Waals surface area contributed by atoms with Gasteiger partial charge in [-0.3, -0.25) is 19.7 Å². The molecular formula is C23H28N4O3. The van der Waals surface area contributed by atoms with Crippen molar-refractivity contribution in [1.29, 1.82) is 0 Å². The SMILES string of the molecule is O=C(CN1C[C@H]2CC[C@H](Cc3cnccn3)[C@H]2C1)Nc1ccc2c(c1)OCCCO2. The third kappa shape index (κ3) is 4.26. The Morgan fingerprint density at radius 1 is 1.13 bits per heavy atom. The lowest BCUT2D eigenvalue weighted by molar-refractivity contribution is -0.117. The molecule has 2 aliphatic heterocycles. The van der Waals surface area contributed by atoms with Gasteiger partial charge in [-0.15, -0.1) is 0 Å². The molecule has 158 valence electrons. The van der Waals surface area contributed by atoms with Gasteiger partial charge in [0.05, 0.1) is 25.5 Å². The zero-order valence-electron chi connectivity index (χ0n) is 17.1. The first kappa shape index (κ1) is 19.3. The van der Waals surface area contributed by atoms with E-state index in [-0.39, 0.29) is 5.91 Å². The molecule has 0 radical (unpaired) electrons. The Morgan fingerprint density at radius 3 is 2.90 bits per heavy atom. The van der Waals surface area contributed by atoms with Crippen LogP contribution in [0.5, 0.6) is 11.5 Å². The number of nitrogens with zero attached hydrogens (tertiary/aromatic N) is 3. The number of anilines is 1. The van der Waals surface area contributed by atoms with Gasteiger partial charge in [0, 0.05) is 49.9 Å². The third-order valence-electron chi connectivity index (χ3n) is 6.57. The van der Waals surface area contributed by atoms with Gasteiger partial charge in [-0.25, -0.2) is 0 Å². The zero-order chi connectivity index (χ0) is 20.3. The smallest absolute Gasteiger partial charge is 0.238 e. The van der Waals surface area contributed by atoms with Crippen LogP contribution < -0.4 is 14.8 Å². The highest BCUT2D eigenvalue weighted by Gasteiger charge is 2.42. The van der Waals surface area contributed by atoms with Crippen LogP contribution in [0.3, 0.4) is 0 Å². The standard InChI is InChI=1S/C23H28N4O3/c28-23(26-18-4-5-21-22(11-18)30-9-1-8-29-21)15-27-13-17-3-2-16(20(17)14-27)10-19-12-24-6-7-25-19/h4-7,11-12,16-17,20H,1-3,8-10,13-15H2,(H,26,28)/t16-,17-,20-/m1/s1. The van der Waals surface area contributed by atoms with Crippen molar-refractivity contribution in [2.45, 2.75) is 25.7 Å². The fraction of sp³-hybridized carbons (Fsp3) is 0.522. The number of hydrogen-bond donors (Lipinski definition) is 1. The first-order chi connectivity index (χ1) is 14.7. The van der Waals surface area contributed by atoms with E-state index in [1.54, 1.807) is 12.4 Å². The topological polar surface area (TPSA) is 76.6 Å². The summed E-state index contributed by atoms with van der Waals surface area (Å²) in [6.45, 7) is 3.73. The molecule has 2 aromatic rings. The Hall–Kier alpha value is -2.67. The van der Waals surface area contributed by atoms with E-state index in [1.165, 1.54) is 12.8 Å². The number of hydrogen-bond acceptors (Lipinski definition) is 6. The van der Waals surface area contributed by atoms with Gasteiger partial charge in [-0.1, -0.05) is 0 Å². The van der Waals surface area contributed by atoms with Gasteiger partial charge in [0.2, 0.25) is 5.91 Å². The van der Waals surface area contributed by atoms with Gasteiger partial charge >= 0.3 is 0 Å². The number of nitrogens with one attached hydrogen (secondary N) is 1. The molecule has 1 aromatic heterocycles. The second-order valence-electron chi connectivity index (χ2n) is 8.62. The molecule has 1 aliphatic carbocycles. The number of amides is 1. The van der Waals surface area contributed by atoms with Crippen molar-refractivity contribution >= 4 is 11.6 Å². The first-order valence-electron chi connectivity index (χ1n) is 10.9. The molecule has 7 heteroatoms. The van der Waals surface area contributed by atoms with Crippen molar-refractivity contribution in [2.24, 2.45) is 17.8 Å². The normalized spacial score (nSPS) is 25.5. The highest BCUT2D eigenvalue weighted by Crippen LogP contribution is 2.43. The Balaban J connectivity index is 1.15. The van der Waals surface area contributed by atoms with E-state index in [2.05, 4.69) is 20.2 Å². The summed E-state index contributed by atoms with van der Waals surface area (Å²) in [5.74, 6) is 3.45. The van der Waals surface area contributed by atoms with Gasteiger partial charge in [-0.2, -0.15) is 0 Å². The van der Waals surface area contributed by atoms with Crippen molar-refractivity contribution < 1.29 is 14.3 Å². The molecule has 0 spiro atoms. The molecular weight excluding hydrogens is 380 g/mol. The molecule has 2 fully saturated rings. The van der Waals surface area contributed by atoms with Crippen LogP contribution in [-0.2, 0) is 11.2 Å². The fourth-order valence-electron chi connectivity index (χ4n) is 5.20. The number of likely N-dealkylation sites (tertiary alicyclic amines) is 1. The lowest BCUT2D eigenvalue weighted by Crippen LogP contribution is -2.32. The quantitative estimate of drug-likeness (QED) is 0.820. The molecule has 0 unspecified atom stereocenters. The summed E-state index contributed by atoms with van der Waals surface area (Å²) in [6.07, 6.45) is 9.73. The molecule has 1 aromatic carbocycles. The average molecular weight is 409 g/mol. The third-order valence-corrected chi connectivity index (χ3v) is 6.57. The second-order valence-corrected chi connectivity index (χ2v) is 8.62.